The molecule has 1 aliphatic heterocycles. The highest BCUT2D eigenvalue weighted by atomic mass is 16.5. The zero-order valence-corrected chi connectivity index (χ0v) is 11.9. The predicted molar refractivity (Wildman–Crippen MR) is 75.5 cm³/mol. The molecule has 0 aromatic carbocycles. The van der Waals surface area contributed by atoms with Crippen LogP contribution in [-0.2, 0) is 10.2 Å². The van der Waals surface area contributed by atoms with Crippen molar-refractivity contribution in [1.82, 2.24) is 10.1 Å². The highest BCUT2D eigenvalue weighted by molar-refractivity contribution is 5.91. The minimum Gasteiger partial charge on any atom is -0.461 e. The molecule has 110 valence electrons. The summed E-state index contributed by atoms with van der Waals surface area (Å²) in [6, 6.07) is 5.49. The van der Waals surface area contributed by atoms with Crippen molar-refractivity contribution >= 4 is 5.91 Å². The lowest BCUT2D eigenvalue weighted by Gasteiger charge is -2.29. The van der Waals surface area contributed by atoms with E-state index in [9.17, 15) is 4.79 Å². The van der Waals surface area contributed by atoms with Crippen LogP contribution in [0, 0.1) is 0 Å². The van der Waals surface area contributed by atoms with Gasteiger partial charge in [-0.2, -0.15) is 0 Å². The monoisotopic (exact) mass is 286 g/mol. The standard InChI is InChI=1S/C16H18N2O3/c19-15(18-8-2-1-3-9-18)16(6-7-16)14-11-13(21-17-14)12-5-4-10-20-12/h4-5,10-11H,1-3,6-9H2. The molecule has 5 nitrogen and oxygen atoms in total. The second-order valence-corrected chi connectivity index (χ2v) is 5.99. The molecule has 1 aliphatic carbocycles. The van der Waals surface area contributed by atoms with Crippen LogP contribution in [0.15, 0.2) is 33.4 Å². The van der Waals surface area contributed by atoms with Crippen LogP contribution in [0.3, 0.4) is 0 Å². The second-order valence-electron chi connectivity index (χ2n) is 5.99. The fraction of sp³-hybridized carbons (Fsp3) is 0.500. The van der Waals surface area contributed by atoms with Crippen molar-refractivity contribution in [3.05, 3.63) is 30.2 Å². The van der Waals surface area contributed by atoms with Crippen LogP contribution >= 0.6 is 0 Å². The molecule has 2 aliphatic rings. The number of furan rings is 1. The maximum atomic E-state index is 12.8. The minimum absolute atomic E-state index is 0.224. The van der Waals surface area contributed by atoms with Crippen molar-refractivity contribution in [3.63, 3.8) is 0 Å². The summed E-state index contributed by atoms with van der Waals surface area (Å²) in [5.41, 5.74) is 0.315. The van der Waals surface area contributed by atoms with Crippen molar-refractivity contribution in [2.24, 2.45) is 0 Å². The van der Waals surface area contributed by atoms with Gasteiger partial charge in [0.1, 0.15) is 0 Å². The first-order chi connectivity index (χ1) is 10.3. The van der Waals surface area contributed by atoms with Crippen LogP contribution in [-0.4, -0.2) is 29.1 Å². The van der Waals surface area contributed by atoms with Gasteiger partial charge in [0.2, 0.25) is 11.7 Å². The molecule has 2 aromatic heterocycles. The van der Waals surface area contributed by atoms with E-state index >= 15 is 0 Å². The number of likely N-dealkylation sites (tertiary alicyclic amines) is 1. The van der Waals surface area contributed by atoms with Crippen LogP contribution in [0.2, 0.25) is 0 Å². The summed E-state index contributed by atoms with van der Waals surface area (Å²) in [4.78, 5) is 14.8. The Labute approximate surface area is 122 Å². The molecule has 0 radical (unpaired) electrons. The van der Waals surface area contributed by atoms with Gasteiger partial charge in [-0.3, -0.25) is 4.79 Å². The van der Waals surface area contributed by atoms with E-state index in [1.165, 1.54) is 6.42 Å². The van der Waals surface area contributed by atoms with Gasteiger partial charge in [0.15, 0.2) is 5.76 Å². The molecule has 2 fully saturated rings. The molecule has 0 unspecified atom stereocenters. The van der Waals surface area contributed by atoms with Gasteiger partial charge in [-0.15, -0.1) is 0 Å². The van der Waals surface area contributed by atoms with Gasteiger partial charge >= 0.3 is 0 Å². The first kappa shape index (κ1) is 12.7. The number of carbonyl (C=O) groups excluding carboxylic acids is 1. The summed E-state index contributed by atoms with van der Waals surface area (Å²) in [6.45, 7) is 1.76. The molecule has 1 amide bonds. The van der Waals surface area contributed by atoms with Crippen molar-refractivity contribution < 1.29 is 13.7 Å². The SMILES string of the molecule is O=C(N1CCCCC1)C1(c2cc(-c3ccco3)on2)CC1. The first-order valence-electron chi connectivity index (χ1n) is 7.60. The second kappa shape index (κ2) is 4.76. The number of nitrogens with zero attached hydrogens (tertiary/aromatic N) is 2. The Balaban J connectivity index is 1.59. The summed E-state index contributed by atoms with van der Waals surface area (Å²) in [6.07, 6.45) is 6.78. The number of carbonyl (C=O) groups is 1. The van der Waals surface area contributed by atoms with Crippen LogP contribution in [0.4, 0.5) is 0 Å². The number of piperidine rings is 1. The third-order valence-electron chi connectivity index (χ3n) is 4.57. The molecule has 4 rings (SSSR count). The van der Waals surface area contributed by atoms with Gasteiger partial charge in [0.05, 0.1) is 17.4 Å². The highest BCUT2D eigenvalue weighted by Gasteiger charge is 2.55. The summed E-state index contributed by atoms with van der Waals surface area (Å²) >= 11 is 0. The average Bonchev–Trinajstić information content (AvgIpc) is 2.95. The fourth-order valence-corrected chi connectivity index (χ4v) is 3.14. The van der Waals surface area contributed by atoms with E-state index in [-0.39, 0.29) is 5.91 Å². The molecule has 0 atom stereocenters. The first-order valence-corrected chi connectivity index (χ1v) is 7.60. The molecule has 1 saturated carbocycles. The predicted octanol–water partition coefficient (Wildman–Crippen LogP) is 2.98. The smallest absolute Gasteiger partial charge is 0.234 e. The lowest BCUT2D eigenvalue weighted by molar-refractivity contribution is -0.135. The largest absolute Gasteiger partial charge is 0.461 e. The van der Waals surface area contributed by atoms with Gasteiger partial charge < -0.3 is 13.8 Å². The van der Waals surface area contributed by atoms with Crippen LogP contribution < -0.4 is 0 Å². The van der Waals surface area contributed by atoms with Crippen molar-refractivity contribution in [2.75, 3.05) is 13.1 Å². The maximum Gasteiger partial charge on any atom is 0.234 e. The fourth-order valence-electron chi connectivity index (χ4n) is 3.14. The minimum atomic E-state index is -0.439. The number of rotatable bonds is 3. The Morgan fingerprint density at radius 1 is 1.19 bits per heavy atom. The zero-order valence-electron chi connectivity index (χ0n) is 11.9. The average molecular weight is 286 g/mol. The summed E-state index contributed by atoms with van der Waals surface area (Å²) < 4.78 is 10.7. The van der Waals surface area contributed by atoms with E-state index in [0.717, 1.165) is 44.5 Å². The molecule has 2 aromatic rings. The molecule has 21 heavy (non-hydrogen) atoms. The van der Waals surface area contributed by atoms with E-state index in [4.69, 9.17) is 8.94 Å². The van der Waals surface area contributed by atoms with E-state index in [0.29, 0.717) is 11.5 Å². The quantitative estimate of drug-likeness (QED) is 0.870. The lowest BCUT2D eigenvalue weighted by atomic mass is 9.98. The third kappa shape index (κ3) is 2.07. The summed E-state index contributed by atoms with van der Waals surface area (Å²) in [7, 11) is 0. The molecular formula is C16H18N2O3. The topological polar surface area (TPSA) is 59.5 Å². The van der Waals surface area contributed by atoms with Crippen LogP contribution in [0.5, 0.6) is 0 Å². The van der Waals surface area contributed by atoms with E-state index in [2.05, 4.69) is 5.16 Å². The zero-order chi connectivity index (χ0) is 14.3. The van der Waals surface area contributed by atoms with Crippen LogP contribution in [0.25, 0.3) is 11.5 Å². The number of aromatic nitrogens is 1. The molecule has 0 spiro atoms. The molecule has 1 saturated heterocycles. The lowest BCUT2D eigenvalue weighted by Crippen LogP contribution is -2.42. The Kier molecular flexibility index (Phi) is 2.87. The molecule has 0 N–H and O–H groups in total. The van der Waals surface area contributed by atoms with Gasteiger partial charge in [-0.1, -0.05) is 5.16 Å². The van der Waals surface area contributed by atoms with Crippen molar-refractivity contribution in [2.45, 2.75) is 37.5 Å². The molecule has 3 heterocycles. The van der Waals surface area contributed by atoms with E-state index in [1.54, 1.807) is 6.26 Å². The van der Waals surface area contributed by atoms with Gasteiger partial charge in [-0.25, -0.2) is 0 Å². The third-order valence-corrected chi connectivity index (χ3v) is 4.57. The maximum absolute atomic E-state index is 12.8. The van der Waals surface area contributed by atoms with Gasteiger partial charge in [0, 0.05) is 19.2 Å². The van der Waals surface area contributed by atoms with Gasteiger partial charge in [0.25, 0.3) is 0 Å². The number of amides is 1. The normalized spacial score (nSPS) is 20.5. The number of hydrogen-bond acceptors (Lipinski definition) is 4. The highest BCUT2D eigenvalue weighted by Crippen LogP contribution is 2.50. The van der Waals surface area contributed by atoms with E-state index in [1.807, 2.05) is 23.1 Å². The molecule has 0 bridgehead atoms. The van der Waals surface area contributed by atoms with Crippen molar-refractivity contribution in [1.29, 1.82) is 0 Å². The van der Waals surface area contributed by atoms with Crippen molar-refractivity contribution in [3.8, 4) is 11.5 Å². The molecular weight excluding hydrogens is 268 g/mol. The Hall–Kier alpha value is -2.04. The molecule has 5 heteroatoms. The summed E-state index contributed by atoms with van der Waals surface area (Å²) in [5, 5.41) is 4.14. The Morgan fingerprint density at radius 2 is 2.00 bits per heavy atom. The van der Waals surface area contributed by atoms with Crippen LogP contribution in [0.1, 0.15) is 37.8 Å². The van der Waals surface area contributed by atoms with Gasteiger partial charge in [-0.05, 0) is 44.2 Å². The number of hydrogen-bond donors (Lipinski definition) is 0. The van der Waals surface area contributed by atoms with E-state index < -0.39 is 5.41 Å². The Bertz CT molecular complexity index is 634. The summed E-state index contributed by atoms with van der Waals surface area (Å²) in [5.74, 6) is 1.46. The Morgan fingerprint density at radius 3 is 2.67 bits per heavy atom.